The molecule has 0 radical (unpaired) electrons. The van der Waals surface area contributed by atoms with Gasteiger partial charge in [0.2, 0.25) is 17.8 Å². The number of rotatable bonds is 7. The number of nitrogens with zero attached hydrogens (tertiary/aromatic N) is 4. The molecule has 198 valence electrons. The first-order chi connectivity index (χ1) is 17.8. The van der Waals surface area contributed by atoms with Crippen LogP contribution in [0, 0.1) is 29.3 Å². The number of primary amides is 1. The van der Waals surface area contributed by atoms with Crippen LogP contribution < -0.4 is 16.4 Å². The maximum absolute atomic E-state index is 14.5. The number of halogens is 3. The van der Waals surface area contributed by atoms with E-state index in [9.17, 15) is 18.0 Å². The van der Waals surface area contributed by atoms with Gasteiger partial charge in [-0.15, -0.1) is 0 Å². The van der Waals surface area contributed by atoms with Gasteiger partial charge in [0.05, 0.1) is 12.8 Å². The zero-order valence-electron chi connectivity index (χ0n) is 20.5. The highest BCUT2D eigenvalue weighted by Crippen LogP contribution is 2.38. The number of imidazole rings is 1. The molecule has 1 aliphatic heterocycles. The molecule has 0 unspecified atom stereocenters. The number of amides is 1. The van der Waals surface area contributed by atoms with Gasteiger partial charge in [0.25, 0.3) is 0 Å². The molecule has 1 saturated heterocycles. The van der Waals surface area contributed by atoms with Crippen LogP contribution in [0.15, 0.2) is 18.3 Å². The van der Waals surface area contributed by atoms with Gasteiger partial charge in [-0.1, -0.05) is 6.92 Å². The van der Waals surface area contributed by atoms with Gasteiger partial charge in [0.15, 0.2) is 17.3 Å². The molecule has 4 N–H and O–H groups in total. The molecule has 1 saturated carbocycles. The molecular formula is C25H30F3N7O2. The molecule has 0 bridgehead atoms. The first-order valence-electron chi connectivity index (χ1n) is 12.6. The van der Waals surface area contributed by atoms with E-state index in [2.05, 4.69) is 27.5 Å². The Morgan fingerprint density at radius 3 is 2.54 bits per heavy atom. The van der Waals surface area contributed by atoms with E-state index in [4.69, 9.17) is 15.5 Å². The molecule has 37 heavy (non-hydrogen) atoms. The summed E-state index contributed by atoms with van der Waals surface area (Å²) >= 11 is 0. The van der Waals surface area contributed by atoms with Crippen LogP contribution >= 0.6 is 0 Å². The van der Waals surface area contributed by atoms with E-state index < -0.39 is 23.1 Å². The topological polar surface area (TPSA) is 120 Å². The Balaban J connectivity index is 1.50. The minimum atomic E-state index is -1.07. The van der Waals surface area contributed by atoms with Crippen molar-refractivity contribution in [2.75, 3.05) is 23.8 Å². The lowest BCUT2D eigenvalue weighted by Crippen LogP contribution is -2.36. The van der Waals surface area contributed by atoms with Crippen LogP contribution in [0.3, 0.4) is 0 Å². The van der Waals surface area contributed by atoms with E-state index in [1.54, 1.807) is 6.20 Å². The molecule has 9 nitrogen and oxygen atoms in total. The van der Waals surface area contributed by atoms with E-state index in [-0.39, 0.29) is 35.8 Å². The standard InChI is InChI=1S/C25H30F3N7O2/c1-13-12-37-7-6-19(13)31-24-30-11-20-23(34-24)35(16-4-2-14(3-5-16)8-21(29)36)25(32-20)33-22-17(27)9-15(26)10-18(22)28/h9-11,13-14,16,19H,2-8,12H2,1H3,(H2,29,36)(H,32,33)(H,30,31,34)/t13-,14-,16+,19+/m1/s1. The Morgan fingerprint density at radius 1 is 1.14 bits per heavy atom. The van der Waals surface area contributed by atoms with Crippen LogP contribution in [0.25, 0.3) is 11.2 Å². The van der Waals surface area contributed by atoms with Crippen LogP contribution in [0.2, 0.25) is 0 Å². The molecule has 1 amide bonds. The summed E-state index contributed by atoms with van der Waals surface area (Å²) in [6, 6.07) is 1.29. The Morgan fingerprint density at radius 2 is 1.86 bits per heavy atom. The molecular weight excluding hydrogens is 487 g/mol. The van der Waals surface area contributed by atoms with E-state index in [0.717, 1.165) is 19.3 Å². The van der Waals surface area contributed by atoms with Crippen LogP contribution in [0.4, 0.5) is 30.8 Å². The smallest absolute Gasteiger partial charge is 0.224 e. The van der Waals surface area contributed by atoms with Crippen molar-refractivity contribution in [2.45, 2.75) is 57.5 Å². The lowest BCUT2D eigenvalue weighted by Gasteiger charge is -2.30. The molecule has 2 fully saturated rings. The van der Waals surface area contributed by atoms with E-state index >= 15 is 0 Å². The zero-order valence-corrected chi connectivity index (χ0v) is 20.5. The zero-order chi connectivity index (χ0) is 26.1. The SMILES string of the molecule is C[C@@H]1COCC[C@@H]1Nc1ncc2nc(Nc3c(F)cc(F)cc3F)n([C@H]3CC[C@@H](CC(N)=O)CC3)c2n1. The highest BCUT2D eigenvalue weighted by molar-refractivity contribution is 5.77. The Labute approximate surface area is 212 Å². The van der Waals surface area contributed by atoms with Crippen molar-refractivity contribution in [2.24, 2.45) is 17.6 Å². The van der Waals surface area contributed by atoms with Crippen molar-refractivity contribution >= 4 is 34.7 Å². The fraction of sp³-hybridized carbons (Fsp3) is 0.520. The second-order valence-corrected chi connectivity index (χ2v) is 10.0. The van der Waals surface area contributed by atoms with Crippen molar-refractivity contribution in [3.05, 3.63) is 35.8 Å². The monoisotopic (exact) mass is 517 g/mol. The Kier molecular flexibility index (Phi) is 7.18. The van der Waals surface area contributed by atoms with Crippen LogP contribution in [0.1, 0.15) is 51.5 Å². The van der Waals surface area contributed by atoms with Crippen LogP contribution in [0.5, 0.6) is 0 Å². The first-order valence-corrected chi connectivity index (χ1v) is 12.6. The number of ether oxygens (including phenoxy) is 1. The molecule has 2 aliphatic rings. The Bertz CT molecular complexity index is 1270. The summed E-state index contributed by atoms with van der Waals surface area (Å²) < 4.78 is 49.8. The van der Waals surface area contributed by atoms with Gasteiger partial charge in [-0.05, 0) is 43.9 Å². The lowest BCUT2D eigenvalue weighted by molar-refractivity contribution is -0.119. The summed E-state index contributed by atoms with van der Waals surface area (Å²) in [6.07, 6.45) is 5.66. The average molecular weight is 518 g/mol. The van der Waals surface area contributed by atoms with Gasteiger partial charge in [0.1, 0.15) is 17.0 Å². The molecule has 2 aromatic heterocycles. The third-order valence-electron chi connectivity index (χ3n) is 7.30. The maximum atomic E-state index is 14.5. The number of fused-ring (bicyclic) bond motifs is 1. The highest BCUT2D eigenvalue weighted by Gasteiger charge is 2.29. The third-order valence-corrected chi connectivity index (χ3v) is 7.30. The van der Waals surface area contributed by atoms with Crippen LogP contribution in [-0.4, -0.2) is 44.7 Å². The summed E-state index contributed by atoms with van der Waals surface area (Å²) in [6.45, 7) is 3.40. The normalized spacial score (nSPS) is 24.2. The van der Waals surface area contributed by atoms with Crippen molar-refractivity contribution in [3.63, 3.8) is 0 Å². The molecule has 0 spiro atoms. The number of anilines is 3. The number of carbonyl (C=O) groups excluding carboxylic acids is 1. The van der Waals surface area contributed by atoms with E-state index in [0.29, 0.717) is 61.7 Å². The fourth-order valence-corrected chi connectivity index (χ4v) is 5.32. The summed E-state index contributed by atoms with van der Waals surface area (Å²) in [4.78, 5) is 25.1. The summed E-state index contributed by atoms with van der Waals surface area (Å²) in [5.74, 6) is -2.39. The number of hydrogen-bond donors (Lipinski definition) is 3. The molecule has 1 aliphatic carbocycles. The van der Waals surface area contributed by atoms with Gasteiger partial charge in [-0.2, -0.15) is 4.98 Å². The molecule has 1 aromatic carbocycles. The number of nitrogens with one attached hydrogen (secondary N) is 2. The minimum Gasteiger partial charge on any atom is -0.381 e. The molecule has 5 rings (SSSR count). The molecule has 12 heteroatoms. The van der Waals surface area contributed by atoms with Gasteiger partial charge < -0.3 is 21.1 Å². The second kappa shape index (κ2) is 10.5. The summed E-state index contributed by atoms with van der Waals surface area (Å²) in [7, 11) is 0. The predicted octanol–water partition coefficient (Wildman–Crippen LogP) is 4.43. The van der Waals surface area contributed by atoms with Gasteiger partial charge in [-0.3, -0.25) is 9.36 Å². The average Bonchev–Trinajstić information content (AvgIpc) is 3.20. The van der Waals surface area contributed by atoms with E-state index in [1.807, 2.05) is 4.57 Å². The number of hydrogen-bond acceptors (Lipinski definition) is 7. The van der Waals surface area contributed by atoms with Crippen molar-refractivity contribution in [1.29, 1.82) is 0 Å². The van der Waals surface area contributed by atoms with Gasteiger partial charge in [0, 0.05) is 37.2 Å². The minimum absolute atomic E-state index is 0.0899. The van der Waals surface area contributed by atoms with Crippen molar-refractivity contribution in [3.8, 4) is 0 Å². The number of aromatic nitrogens is 4. The molecule has 2 atom stereocenters. The second-order valence-electron chi connectivity index (χ2n) is 10.0. The maximum Gasteiger partial charge on any atom is 0.224 e. The first kappa shape index (κ1) is 25.2. The number of carbonyl (C=O) groups is 1. The molecule has 3 aromatic rings. The number of benzene rings is 1. The van der Waals surface area contributed by atoms with Gasteiger partial charge in [-0.25, -0.2) is 23.1 Å². The molecule has 3 heterocycles. The largest absolute Gasteiger partial charge is 0.381 e. The van der Waals surface area contributed by atoms with E-state index in [1.165, 1.54) is 0 Å². The summed E-state index contributed by atoms with van der Waals surface area (Å²) in [5.41, 5.74) is 5.86. The van der Waals surface area contributed by atoms with Crippen molar-refractivity contribution in [1.82, 2.24) is 19.5 Å². The quantitative estimate of drug-likeness (QED) is 0.424. The number of nitrogens with two attached hydrogens (primary N) is 1. The van der Waals surface area contributed by atoms with Crippen LogP contribution in [-0.2, 0) is 9.53 Å². The lowest BCUT2D eigenvalue weighted by atomic mass is 9.84. The third kappa shape index (κ3) is 5.48. The van der Waals surface area contributed by atoms with Crippen molar-refractivity contribution < 1.29 is 22.7 Å². The van der Waals surface area contributed by atoms with Gasteiger partial charge >= 0.3 is 0 Å². The predicted molar refractivity (Wildman–Crippen MR) is 132 cm³/mol. The highest BCUT2D eigenvalue weighted by atomic mass is 19.1. The fourth-order valence-electron chi connectivity index (χ4n) is 5.32. The Hall–Kier alpha value is -3.41. The summed E-state index contributed by atoms with van der Waals surface area (Å²) in [5, 5.41) is 6.12.